The summed E-state index contributed by atoms with van der Waals surface area (Å²) in [6.45, 7) is 2.61. The fourth-order valence-corrected chi connectivity index (χ4v) is 2.96. The van der Waals surface area contributed by atoms with Crippen molar-refractivity contribution in [3.05, 3.63) is 0 Å². The summed E-state index contributed by atoms with van der Waals surface area (Å²) >= 11 is 0. The Morgan fingerprint density at radius 3 is 1.88 bits per heavy atom. The smallest absolute Gasteiger partial charge is 0.220 e. The molecule has 4 nitrogen and oxygen atoms in total. The van der Waals surface area contributed by atoms with E-state index in [2.05, 4.69) is 12.2 Å². The van der Waals surface area contributed by atoms with Crippen molar-refractivity contribution in [1.29, 1.82) is 0 Å². The molecule has 0 saturated heterocycles. The first-order valence-electron chi connectivity index (χ1n) is 10.3. The number of unbranched alkanes of at least 4 members (excludes halogenated alkanes) is 10. The van der Waals surface area contributed by atoms with Crippen molar-refractivity contribution in [3.8, 4) is 0 Å². The zero-order valence-electron chi connectivity index (χ0n) is 15.9. The van der Waals surface area contributed by atoms with Gasteiger partial charge in [-0.25, -0.2) is 0 Å². The van der Waals surface area contributed by atoms with E-state index in [0.29, 0.717) is 13.0 Å². The van der Waals surface area contributed by atoms with Crippen LogP contribution in [0.15, 0.2) is 0 Å². The van der Waals surface area contributed by atoms with Crippen LogP contribution in [0.1, 0.15) is 103 Å². The SMILES string of the molecule is CCCCCCCCC(O)CCCCCCCCC(=O)NCCO. The molecule has 1 amide bonds. The van der Waals surface area contributed by atoms with E-state index in [1.165, 1.54) is 57.8 Å². The van der Waals surface area contributed by atoms with Crippen LogP contribution in [0.3, 0.4) is 0 Å². The van der Waals surface area contributed by atoms with Crippen LogP contribution in [0.5, 0.6) is 0 Å². The van der Waals surface area contributed by atoms with Crippen LogP contribution in [0.4, 0.5) is 0 Å². The summed E-state index contributed by atoms with van der Waals surface area (Å²) in [6, 6.07) is 0. The lowest BCUT2D eigenvalue weighted by Crippen LogP contribution is -2.25. The quantitative estimate of drug-likeness (QED) is 0.324. The Morgan fingerprint density at radius 1 is 0.833 bits per heavy atom. The van der Waals surface area contributed by atoms with Crippen molar-refractivity contribution < 1.29 is 15.0 Å². The Kier molecular flexibility index (Phi) is 18.2. The van der Waals surface area contributed by atoms with Gasteiger partial charge in [-0.2, -0.15) is 0 Å². The maximum atomic E-state index is 11.3. The topological polar surface area (TPSA) is 69.6 Å². The van der Waals surface area contributed by atoms with Crippen LogP contribution in [0, 0.1) is 0 Å². The molecular weight excluding hydrogens is 302 g/mol. The highest BCUT2D eigenvalue weighted by Crippen LogP contribution is 2.14. The molecule has 0 aromatic heterocycles. The van der Waals surface area contributed by atoms with Gasteiger partial charge in [-0.1, -0.05) is 77.6 Å². The van der Waals surface area contributed by atoms with Crippen LogP contribution in [0.25, 0.3) is 0 Å². The third kappa shape index (κ3) is 17.7. The molecule has 0 bridgehead atoms. The van der Waals surface area contributed by atoms with Crippen LogP contribution in [0.2, 0.25) is 0 Å². The van der Waals surface area contributed by atoms with Gasteiger partial charge in [0, 0.05) is 13.0 Å². The predicted molar refractivity (Wildman–Crippen MR) is 101 cm³/mol. The molecule has 144 valence electrons. The van der Waals surface area contributed by atoms with Crippen LogP contribution >= 0.6 is 0 Å². The van der Waals surface area contributed by atoms with Gasteiger partial charge in [0.2, 0.25) is 5.91 Å². The first-order valence-corrected chi connectivity index (χ1v) is 10.3. The molecule has 0 fully saturated rings. The van der Waals surface area contributed by atoms with E-state index in [1.54, 1.807) is 0 Å². The molecule has 0 aromatic carbocycles. The second-order valence-electron chi connectivity index (χ2n) is 6.94. The van der Waals surface area contributed by atoms with Crippen molar-refractivity contribution in [2.24, 2.45) is 0 Å². The molecular formula is C20H41NO3. The summed E-state index contributed by atoms with van der Waals surface area (Å²) in [7, 11) is 0. The number of hydrogen-bond donors (Lipinski definition) is 3. The lowest BCUT2D eigenvalue weighted by molar-refractivity contribution is -0.121. The van der Waals surface area contributed by atoms with Crippen molar-refractivity contribution >= 4 is 5.91 Å². The number of aliphatic hydroxyl groups is 2. The van der Waals surface area contributed by atoms with E-state index < -0.39 is 0 Å². The molecule has 0 aliphatic carbocycles. The lowest BCUT2D eigenvalue weighted by atomic mass is 10.0. The fourth-order valence-electron chi connectivity index (χ4n) is 2.96. The van der Waals surface area contributed by atoms with Crippen molar-refractivity contribution in [2.45, 2.75) is 109 Å². The first-order chi connectivity index (χ1) is 11.7. The first kappa shape index (κ1) is 23.4. The highest BCUT2D eigenvalue weighted by molar-refractivity contribution is 5.75. The number of hydrogen-bond acceptors (Lipinski definition) is 3. The summed E-state index contributed by atoms with van der Waals surface area (Å²) in [6.07, 6.45) is 16.8. The van der Waals surface area contributed by atoms with Gasteiger partial charge in [-0.15, -0.1) is 0 Å². The molecule has 0 heterocycles. The molecule has 1 atom stereocenters. The summed E-state index contributed by atoms with van der Waals surface area (Å²) in [5.41, 5.74) is 0. The Balaban J connectivity index is 3.21. The molecule has 0 aliphatic heterocycles. The average molecular weight is 344 g/mol. The van der Waals surface area contributed by atoms with Gasteiger partial charge >= 0.3 is 0 Å². The summed E-state index contributed by atoms with van der Waals surface area (Å²) in [5, 5.41) is 21.2. The number of carbonyl (C=O) groups excluding carboxylic acids is 1. The number of nitrogens with one attached hydrogen (secondary N) is 1. The monoisotopic (exact) mass is 343 g/mol. The molecule has 3 N–H and O–H groups in total. The summed E-state index contributed by atoms with van der Waals surface area (Å²) < 4.78 is 0. The molecule has 0 saturated carbocycles. The molecule has 0 spiro atoms. The van der Waals surface area contributed by atoms with Crippen molar-refractivity contribution in [3.63, 3.8) is 0 Å². The third-order valence-electron chi connectivity index (χ3n) is 4.52. The third-order valence-corrected chi connectivity index (χ3v) is 4.52. The Labute approximate surface area is 149 Å². The largest absolute Gasteiger partial charge is 0.395 e. The zero-order valence-corrected chi connectivity index (χ0v) is 15.9. The predicted octanol–water partition coefficient (Wildman–Crippen LogP) is 4.33. The van der Waals surface area contributed by atoms with Gasteiger partial charge in [-0.3, -0.25) is 4.79 Å². The Morgan fingerprint density at radius 2 is 1.33 bits per heavy atom. The van der Waals surface area contributed by atoms with Gasteiger partial charge in [0.15, 0.2) is 0 Å². The minimum atomic E-state index is -0.105. The minimum absolute atomic E-state index is 0.0104. The second-order valence-corrected chi connectivity index (χ2v) is 6.94. The highest BCUT2D eigenvalue weighted by Gasteiger charge is 2.04. The molecule has 0 radical (unpaired) electrons. The van der Waals surface area contributed by atoms with Gasteiger partial charge in [-0.05, 0) is 19.3 Å². The number of rotatable bonds is 18. The highest BCUT2D eigenvalue weighted by atomic mass is 16.3. The summed E-state index contributed by atoms with van der Waals surface area (Å²) in [4.78, 5) is 11.3. The number of aliphatic hydroxyl groups excluding tert-OH is 2. The van der Waals surface area contributed by atoms with Crippen LogP contribution in [-0.2, 0) is 4.79 Å². The second kappa shape index (κ2) is 18.7. The van der Waals surface area contributed by atoms with E-state index >= 15 is 0 Å². The minimum Gasteiger partial charge on any atom is -0.395 e. The molecule has 4 heteroatoms. The standard InChI is InChI=1S/C20H41NO3/c1-2-3-4-5-8-11-14-19(23)15-12-9-6-7-10-13-16-20(24)21-17-18-22/h19,22-23H,2-18H2,1H3,(H,21,24). The lowest BCUT2D eigenvalue weighted by Gasteiger charge is -2.10. The maximum absolute atomic E-state index is 11.3. The van der Waals surface area contributed by atoms with Crippen molar-refractivity contribution in [1.82, 2.24) is 5.32 Å². The molecule has 24 heavy (non-hydrogen) atoms. The average Bonchev–Trinajstić information content (AvgIpc) is 2.58. The molecule has 1 unspecified atom stereocenters. The fraction of sp³-hybridized carbons (Fsp3) is 0.950. The Hall–Kier alpha value is -0.610. The molecule has 0 rings (SSSR count). The van der Waals surface area contributed by atoms with E-state index in [9.17, 15) is 9.90 Å². The van der Waals surface area contributed by atoms with Crippen LogP contribution in [-0.4, -0.2) is 35.4 Å². The number of carbonyl (C=O) groups is 1. The zero-order chi connectivity index (χ0) is 17.9. The van der Waals surface area contributed by atoms with Gasteiger partial charge in [0.25, 0.3) is 0 Å². The maximum Gasteiger partial charge on any atom is 0.220 e. The van der Waals surface area contributed by atoms with E-state index in [1.807, 2.05) is 0 Å². The summed E-state index contributed by atoms with van der Waals surface area (Å²) in [5.74, 6) is 0.0434. The van der Waals surface area contributed by atoms with E-state index in [0.717, 1.165) is 32.1 Å². The van der Waals surface area contributed by atoms with Crippen molar-refractivity contribution in [2.75, 3.05) is 13.2 Å². The van der Waals surface area contributed by atoms with Crippen LogP contribution < -0.4 is 5.32 Å². The molecule has 0 aromatic rings. The molecule has 0 aliphatic rings. The van der Waals surface area contributed by atoms with Gasteiger partial charge < -0.3 is 15.5 Å². The van der Waals surface area contributed by atoms with Gasteiger partial charge in [0.1, 0.15) is 0 Å². The normalized spacial score (nSPS) is 12.3. The number of amides is 1. The Bertz CT molecular complexity index is 272. The van der Waals surface area contributed by atoms with E-state index in [4.69, 9.17) is 5.11 Å². The van der Waals surface area contributed by atoms with Gasteiger partial charge in [0.05, 0.1) is 12.7 Å². The van der Waals surface area contributed by atoms with E-state index in [-0.39, 0.29) is 18.6 Å².